The van der Waals surface area contributed by atoms with Gasteiger partial charge in [0.1, 0.15) is 11.8 Å². The van der Waals surface area contributed by atoms with E-state index in [-0.39, 0.29) is 24.1 Å². The fourth-order valence-electron chi connectivity index (χ4n) is 5.48. The Hall–Kier alpha value is -2.61. The summed E-state index contributed by atoms with van der Waals surface area (Å²) in [5.74, 6) is 0.329. The number of fused-ring (bicyclic) bond motifs is 2. The van der Waals surface area contributed by atoms with Gasteiger partial charge in [-0.3, -0.25) is 19.3 Å². The van der Waals surface area contributed by atoms with Crippen molar-refractivity contribution >= 4 is 17.7 Å². The molecule has 1 spiro atoms. The molecule has 1 aromatic rings. The van der Waals surface area contributed by atoms with Gasteiger partial charge in [0.05, 0.1) is 5.56 Å². The molecule has 1 N–H and O–H groups in total. The highest BCUT2D eigenvalue weighted by atomic mass is 16.5. The van der Waals surface area contributed by atoms with Crippen molar-refractivity contribution in [3.63, 3.8) is 0 Å². The second-order valence-electron chi connectivity index (χ2n) is 9.18. The number of likely N-dealkylation sites (tertiary alicyclic amines) is 1. The molecular formula is C23H30N4O4. The van der Waals surface area contributed by atoms with Crippen LogP contribution >= 0.6 is 0 Å². The summed E-state index contributed by atoms with van der Waals surface area (Å²) in [5.41, 5.74) is -0.399. The van der Waals surface area contributed by atoms with Gasteiger partial charge in [0.2, 0.25) is 11.8 Å². The van der Waals surface area contributed by atoms with Crippen LogP contribution in [0.4, 0.5) is 0 Å². The lowest BCUT2D eigenvalue weighted by Gasteiger charge is -2.40. The first-order valence-electron chi connectivity index (χ1n) is 11.4. The standard InChI is InChI=1S/C23H30N4O4/c1-16(22(30)26-14-13-25-11-4-5-17(25)15-26)27-12-10-23(9-8-20(27)28)24-21(29)18-6-2-3-7-19(18)31-23/h2-3,6-7,16-17H,4-5,8-15H2,1H3,(H,24,29). The van der Waals surface area contributed by atoms with E-state index in [4.69, 9.17) is 4.74 Å². The lowest BCUT2D eigenvalue weighted by molar-refractivity contribution is -0.146. The SMILES string of the molecule is CC(C(=O)N1CCN2CCCC2C1)N1CCC2(CCC1=O)NC(=O)c1ccccc1O2. The van der Waals surface area contributed by atoms with Crippen LogP contribution in [0.3, 0.4) is 0 Å². The van der Waals surface area contributed by atoms with Gasteiger partial charge in [-0.15, -0.1) is 0 Å². The second kappa shape index (κ2) is 7.82. The fourth-order valence-corrected chi connectivity index (χ4v) is 5.48. The second-order valence-corrected chi connectivity index (χ2v) is 9.18. The van der Waals surface area contributed by atoms with Crippen LogP contribution in [0.15, 0.2) is 24.3 Å². The van der Waals surface area contributed by atoms with Gasteiger partial charge in [-0.1, -0.05) is 12.1 Å². The van der Waals surface area contributed by atoms with E-state index >= 15 is 0 Å². The zero-order valence-corrected chi connectivity index (χ0v) is 18.0. The van der Waals surface area contributed by atoms with E-state index in [0.717, 1.165) is 32.6 Å². The third kappa shape index (κ3) is 3.67. The molecule has 8 heteroatoms. The number of nitrogens with one attached hydrogen (secondary N) is 1. The Kier molecular flexibility index (Phi) is 5.12. The molecular weight excluding hydrogens is 396 g/mol. The maximum Gasteiger partial charge on any atom is 0.258 e. The maximum atomic E-state index is 13.2. The normalized spacial score (nSPS) is 29.6. The monoisotopic (exact) mass is 426 g/mol. The Labute approximate surface area is 182 Å². The highest BCUT2D eigenvalue weighted by Crippen LogP contribution is 2.34. The van der Waals surface area contributed by atoms with Gasteiger partial charge in [0, 0.05) is 51.5 Å². The molecule has 4 heterocycles. The van der Waals surface area contributed by atoms with Crippen molar-refractivity contribution < 1.29 is 19.1 Å². The van der Waals surface area contributed by atoms with Crippen molar-refractivity contribution in [1.29, 1.82) is 0 Å². The number of carbonyl (C=O) groups excluding carboxylic acids is 3. The molecule has 31 heavy (non-hydrogen) atoms. The summed E-state index contributed by atoms with van der Waals surface area (Å²) in [5, 5.41) is 2.98. The number of hydrogen-bond donors (Lipinski definition) is 1. The lowest BCUT2D eigenvalue weighted by Crippen LogP contribution is -2.58. The molecule has 0 bridgehead atoms. The molecule has 3 unspecified atom stereocenters. The summed E-state index contributed by atoms with van der Waals surface area (Å²) in [6.07, 6.45) is 3.42. The Morgan fingerprint density at radius 3 is 2.87 bits per heavy atom. The van der Waals surface area contributed by atoms with Crippen LogP contribution in [0.5, 0.6) is 5.75 Å². The summed E-state index contributed by atoms with van der Waals surface area (Å²) in [7, 11) is 0. The minimum atomic E-state index is -0.909. The summed E-state index contributed by atoms with van der Waals surface area (Å²) >= 11 is 0. The minimum absolute atomic E-state index is 0.0230. The number of nitrogens with zero attached hydrogens (tertiary/aromatic N) is 3. The number of amides is 3. The van der Waals surface area contributed by atoms with Crippen LogP contribution in [0, 0.1) is 0 Å². The zero-order chi connectivity index (χ0) is 21.6. The number of carbonyl (C=O) groups is 3. The van der Waals surface area contributed by atoms with Crippen LogP contribution in [0.25, 0.3) is 0 Å². The Morgan fingerprint density at radius 2 is 2.00 bits per heavy atom. The molecule has 0 radical (unpaired) electrons. The number of piperazine rings is 1. The van der Waals surface area contributed by atoms with Crippen molar-refractivity contribution in [2.75, 3.05) is 32.7 Å². The highest BCUT2D eigenvalue weighted by molar-refractivity contribution is 5.98. The Bertz CT molecular complexity index is 905. The smallest absolute Gasteiger partial charge is 0.258 e. The van der Waals surface area contributed by atoms with Crippen molar-refractivity contribution in [3.8, 4) is 5.75 Å². The molecule has 8 nitrogen and oxygen atoms in total. The predicted molar refractivity (Wildman–Crippen MR) is 113 cm³/mol. The van der Waals surface area contributed by atoms with Crippen molar-refractivity contribution in [2.24, 2.45) is 0 Å². The number of benzene rings is 1. The molecule has 3 atom stereocenters. The van der Waals surface area contributed by atoms with Gasteiger partial charge in [0.25, 0.3) is 5.91 Å². The molecule has 5 rings (SSSR count). The van der Waals surface area contributed by atoms with Crippen molar-refractivity contribution in [2.45, 2.75) is 56.8 Å². The molecule has 1 aromatic carbocycles. The van der Waals surface area contributed by atoms with Crippen molar-refractivity contribution in [1.82, 2.24) is 20.0 Å². The van der Waals surface area contributed by atoms with E-state index in [9.17, 15) is 14.4 Å². The zero-order valence-electron chi connectivity index (χ0n) is 18.0. The van der Waals surface area contributed by atoms with E-state index in [1.165, 1.54) is 6.42 Å². The van der Waals surface area contributed by atoms with Gasteiger partial charge < -0.3 is 19.9 Å². The van der Waals surface area contributed by atoms with Crippen LogP contribution in [-0.4, -0.2) is 83.0 Å². The summed E-state index contributed by atoms with van der Waals surface area (Å²) in [6.45, 7) is 5.72. The van der Waals surface area contributed by atoms with E-state index in [1.807, 2.05) is 17.9 Å². The number of hydrogen-bond acceptors (Lipinski definition) is 5. The van der Waals surface area contributed by atoms with Crippen molar-refractivity contribution in [3.05, 3.63) is 29.8 Å². The molecule has 4 aliphatic heterocycles. The molecule has 3 saturated heterocycles. The lowest BCUT2D eigenvalue weighted by atomic mass is 10.0. The quantitative estimate of drug-likeness (QED) is 0.769. The van der Waals surface area contributed by atoms with E-state index in [0.29, 0.717) is 36.7 Å². The average molecular weight is 427 g/mol. The molecule has 4 aliphatic rings. The van der Waals surface area contributed by atoms with Gasteiger partial charge in [-0.2, -0.15) is 0 Å². The van der Waals surface area contributed by atoms with Gasteiger partial charge in [-0.05, 0) is 38.4 Å². The summed E-state index contributed by atoms with van der Waals surface area (Å²) < 4.78 is 6.20. The molecule has 0 saturated carbocycles. The van der Waals surface area contributed by atoms with Crippen LogP contribution in [0.2, 0.25) is 0 Å². The van der Waals surface area contributed by atoms with Gasteiger partial charge in [-0.25, -0.2) is 0 Å². The van der Waals surface area contributed by atoms with Crippen LogP contribution in [-0.2, 0) is 9.59 Å². The van der Waals surface area contributed by atoms with E-state index in [2.05, 4.69) is 10.2 Å². The first-order chi connectivity index (χ1) is 15.0. The minimum Gasteiger partial charge on any atom is -0.467 e. The van der Waals surface area contributed by atoms with Gasteiger partial charge >= 0.3 is 0 Å². The summed E-state index contributed by atoms with van der Waals surface area (Å²) in [6, 6.07) is 7.10. The first-order valence-corrected chi connectivity index (χ1v) is 11.4. The number of ether oxygens (including phenoxy) is 1. The van der Waals surface area contributed by atoms with Gasteiger partial charge in [0.15, 0.2) is 5.72 Å². The van der Waals surface area contributed by atoms with E-state index in [1.54, 1.807) is 23.1 Å². The highest BCUT2D eigenvalue weighted by Gasteiger charge is 2.44. The first kappa shape index (κ1) is 20.3. The van der Waals surface area contributed by atoms with Crippen LogP contribution < -0.4 is 10.1 Å². The molecule has 3 fully saturated rings. The topological polar surface area (TPSA) is 82.2 Å². The maximum absolute atomic E-state index is 13.2. The fraction of sp³-hybridized carbons (Fsp3) is 0.609. The predicted octanol–water partition coefficient (Wildman–Crippen LogP) is 1.21. The Balaban J connectivity index is 1.28. The number of para-hydroxylation sites is 1. The third-order valence-corrected chi connectivity index (χ3v) is 7.32. The molecule has 3 amide bonds. The largest absolute Gasteiger partial charge is 0.467 e. The average Bonchev–Trinajstić information content (AvgIpc) is 3.19. The number of rotatable bonds is 2. The van der Waals surface area contributed by atoms with Crippen LogP contribution in [0.1, 0.15) is 49.4 Å². The summed E-state index contributed by atoms with van der Waals surface area (Å²) in [4.78, 5) is 44.9. The Morgan fingerprint density at radius 1 is 1.16 bits per heavy atom. The molecule has 166 valence electrons. The molecule has 0 aromatic heterocycles. The third-order valence-electron chi connectivity index (χ3n) is 7.32. The van der Waals surface area contributed by atoms with E-state index < -0.39 is 11.8 Å². The molecule has 0 aliphatic carbocycles.